The number of hydrogen-bond donors (Lipinski definition) is 1. The van der Waals surface area contributed by atoms with Gasteiger partial charge in [-0.3, -0.25) is 0 Å². The zero-order valence-electron chi connectivity index (χ0n) is 7.75. The highest BCUT2D eigenvalue weighted by molar-refractivity contribution is 5.44. The Morgan fingerprint density at radius 1 is 1.25 bits per heavy atom. The third-order valence-corrected chi connectivity index (χ3v) is 1.80. The molecule has 0 fully saturated rings. The van der Waals surface area contributed by atoms with Crippen molar-refractivity contribution in [3.63, 3.8) is 0 Å². The van der Waals surface area contributed by atoms with Gasteiger partial charge in [-0.05, 0) is 18.7 Å². The maximum absolute atomic E-state index is 3.27. The van der Waals surface area contributed by atoms with Crippen LogP contribution in [0.3, 0.4) is 0 Å². The van der Waals surface area contributed by atoms with Crippen molar-refractivity contribution in [2.75, 3.05) is 25.2 Å². The number of benzene rings is 1. The van der Waals surface area contributed by atoms with E-state index in [1.807, 2.05) is 6.07 Å². The summed E-state index contributed by atoms with van der Waals surface area (Å²) in [6.45, 7) is 4.02. The van der Waals surface area contributed by atoms with Crippen LogP contribution in [0.4, 0.5) is 5.69 Å². The lowest BCUT2D eigenvalue weighted by Crippen LogP contribution is -2.30. The fraction of sp³-hybridized carbons (Fsp3) is 0.400. The molecular weight excluding hydrogens is 148 g/mol. The molecule has 0 heterocycles. The molecule has 0 aromatic heterocycles. The minimum atomic E-state index is 0.903. The Hall–Kier alpha value is -1.02. The van der Waals surface area contributed by atoms with Gasteiger partial charge in [0.25, 0.3) is 0 Å². The number of anilines is 1. The van der Waals surface area contributed by atoms with Crippen LogP contribution >= 0.6 is 0 Å². The van der Waals surface area contributed by atoms with Gasteiger partial charge in [0, 0.05) is 12.7 Å². The van der Waals surface area contributed by atoms with Gasteiger partial charge in [0.05, 0.1) is 6.67 Å². The summed E-state index contributed by atoms with van der Waals surface area (Å²) < 4.78 is 0. The van der Waals surface area contributed by atoms with Crippen molar-refractivity contribution >= 4 is 5.69 Å². The standard InChI is InChI=1S/C10H16N2/c1-3-11-9-12(2)10-7-5-4-6-8-10/h4-8,11H,3,9H2,1-2H3. The molecule has 0 saturated heterocycles. The predicted octanol–water partition coefficient (Wildman–Crippen LogP) is 1.69. The molecule has 0 aliphatic carbocycles. The molecule has 0 aliphatic heterocycles. The summed E-state index contributed by atoms with van der Waals surface area (Å²) in [5.74, 6) is 0. The van der Waals surface area contributed by atoms with Crippen LogP contribution in [0.25, 0.3) is 0 Å². The normalized spacial score (nSPS) is 9.83. The fourth-order valence-corrected chi connectivity index (χ4v) is 1.05. The Bertz CT molecular complexity index is 208. The number of para-hydroxylation sites is 1. The van der Waals surface area contributed by atoms with E-state index in [-0.39, 0.29) is 0 Å². The minimum Gasteiger partial charge on any atom is -0.362 e. The van der Waals surface area contributed by atoms with E-state index in [0.29, 0.717) is 0 Å². The van der Waals surface area contributed by atoms with E-state index in [1.165, 1.54) is 5.69 Å². The molecule has 1 N–H and O–H groups in total. The number of hydrogen-bond acceptors (Lipinski definition) is 2. The van der Waals surface area contributed by atoms with E-state index in [4.69, 9.17) is 0 Å². The van der Waals surface area contributed by atoms with Gasteiger partial charge in [0.2, 0.25) is 0 Å². The maximum atomic E-state index is 3.27. The van der Waals surface area contributed by atoms with Gasteiger partial charge in [-0.25, -0.2) is 0 Å². The Morgan fingerprint density at radius 3 is 2.50 bits per heavy atom. The topological polar surface area (TPSA) is 15.3 Å². The molecule has 0 spiro atoms. The molecular formula is C10H16N2. The van der Waals surface area contributed by atoms with Crippen LogP contribution in [-0.2, 0) is 0 Å². The lowest BCUT2D eigenvalue weighted by molar-refractivity contribution is 0.707. The van der Waals surface area contributed by atoms with Gasteiger partial charge in [-0.2, -0.15) is 0 Å². The smallest absolute Gasteiger partial charge is 0.0678 e. The SMILES string of the molecule is CCNCN(C)c1ccccc1. The molecule has 0 amide bonds. The molecule has 1 rings (SSSR count). The van der Waals surface area contributed by atoms with Crippen LogP contribution in [-0.4, -0.2) is 20.3 Å². The van der Waals surface area contributed by atoms with Crippen LogP contribution in [0.5, 0.6) is 0 Å². The summed E-state index contributed by atoms with van der Waals surface area (Å²) in [4.78, 5) is 2.18. The first-order valence-corrected chi connectivity index (χ1v) is 4.31. The molecule has 1 aromatic rings. The largest absolute Gasteiger partial charge is 0.362 e. The second kappa shape index (κ2) is 4.78. The second-order valence-electron chi connectivity index (χ2n) is 2.80. The van der Waals surface area contributed by atoms with E-state index in [9.17, 15) is 0 Å². The second-order valence-corrected chi connectivity index (χ2v) is 2.80. The van der Waals surface area contributed by atoms with E-state index >= 15 is 0 Å². The van der Waals surface area contributed by atoms with Crippen LogP contribution < -0.4 is 10.2 Å². The third-order valence-electron chi connectivity index (χ3n) is 1.80. The summed E-state index contributed by atoms with van der Waals surface area (Å²) >= 11 is 0. The van der Waals surface area contributed by atoms with Crippen LogP contribution in [0.1, 0.15) is 6.92 Å². The van der Waals surface area contributed by atoms with Gasteiger partial charge < -0.3 is 10.2 Å². The molecule has 0 bridgehead atoms. The molecule has 12 heavy (non-hydrogen) atoms. The molecule has 0 aliphatic rings. The van der Waals surface area contributed by atoms with Crippen LogP contribution in [0, 0.1) is 0 Å². The zero-order chi connectivity index (χ0) is 8.81. The lowest BCUT2D eigenvalue weighted by atomic mass is 10.3. The third kappa shape index (κ3) is 2.55. The Morgan fingerprint density at radius 2 is 1.92 bits per heavy atom. The highest BCUT2D eigenvalue weighted by Gasteiger charge is 1.95. The van der Waals surface area contributed by atoms with Gasteiger partial charge in [0.1, 0.15) is 0 Å². The average Bonchev–Trinajstić information content (AvgIpc) is 2.15. The molecule has 0 unspecified atom stereocenters. The molecule has 0 radical (unpaired) electrons. The first-order chi connectivity index (χ1) is 5.84. The van der Waals surface area contributed by atoms with Gasteiger partial charge in [-0.15, -0.1) is 0 Å². The molecule has 0 saturated carbocycles. The Labute approximate surface area is 74.2 Å². The monoisotopic (exact) mass is 164 g/mol. The molecule has 66 valence electrons. The Kier molecular flexibility index (Phi) is 3.61. The van der Waals surface area contributed by atoms with Gasteiger partial charge in [0.15, 0.2) is 0 Å². The average molecular weight is 164 g/mol. The quantitative estimate of drug-likeness (QED) is 0.681. The minimum absolute atomic E-state index is 0.903. The van der Waals surface area contributed by atoms with Crippen molar-refractivity contribution in [1.29, 1.82) is 0 Å². The number of nitrogens with one attached hydrogen (secondary N) is 1. The predicted molar refractivity (Wildman–Crippen MR) is 53.4 cm³/mol. The van der Waals surface area contributed by atoms with Crippen molar-refractivity contribution in [3.05, 3.63) is 30.3 Å². The van der Waals surface area contributed by atoms with Gasteiger partial charge >= 0.3 is 0 Å². The van der Waals surface area contributed by atoms with Crippen LogP contribution in [0.15, 0.2) is 30.3 Å². The summed E-state index contributed by atoms with van der Waals surface area (Å²) in [5, 5.41) is 3.27. The van der Waals surface area contributed by atoms with Crippen molar-refractivity contribution in [1.82, 2.24) is 5.32 Å². The van der Waals surface area contributed by atoms with E-state index in [1.54, 1.807) is 0 Å². The fourth-order valence-electron chi connectivity index (χ4n) is 1.05. The molecule has 0 atom stereocenters. The van der Waals surface area contributed by atoms with E-state index < -0.39 is 0 Å². The highest BCUT2D eigenvalue weighted by Crippen LogP contribution is 2.08. The van der Waals surface area contributed by atoms with Crippen LogP contribution in [0.2, 0.25) is 0 Å². The van der Waals surface area contributed by atoms with Crippen molar-refractivity contribution in [3.8, 4) is 0 Å². The highest BCUT2D eigenvalue weighted by atomic mass is 15.2. The zero-order valence-corrected chi connectivity index (χ0v) is 7.75. The van der Waals surface area contributed by atoms with Gasteiger partial charge in [-0.1, -0.05) is 25.1 Å². The summed E-state index contributed by atoms with van der Waals surface area (Å²) in [5.41, 5.74) is 1.25. The maximum Gasteiger partial charge on any atom is 0.0678 e. The summed E-state index contributed by atoms with van der Waals surface area (Å²) in [7, 11) is 2.08. The summed E-state index contributed by atoms with van der Waals surface area (Å²) in [6.07, 6.45) is 0. The molecule has 2 heteroatoms. The Balaban J connectivity index is 2.48. The number of rotatable bonds is 4. The first-order valence-electron chi connectivity index (χ1n) is 4.31. The van der Waals surface area contributed by atoms with Crippen molar-refractivity contribution in [2.45, 2.75) is 6.92 Å². The van der Waals surface area contributed by atoms with E-state index in [2.05, 4.69) is 48.5 Å². The molecule has 2 nitrogen and oxygen atoms in total. The first kappa shape index (κ1) is 9.07. The molecule has 1 aromatic carbocycles. The number of nitrogens with zero attached hydrogens (tertiary/aromatic N) is 1. The summed E-state index contributed by atoms with van der Waals surface area (Å²) in [6, 6.07) is 10.4. The lowest BCUT2D eigenvalue weighted by Gasteiger charge is -2.18. The van der Waals surface area contributed by atoms with E-state index in [0.717, 1.165) is 13.2 Å². The van der Waals surface area contributed by atoms with Crippen molar-refractivity contribution in [2.24, 2.45) is 0 Å². The van der Waals surface area contributed by atoms with Crippen molar-refractivity contribution < 1.29 is 0 Å².